The van der Waals surface area contributed by atoms with Crippen LogP contribution in [0.4, 0.5) is 0 Å². The molecule has 2 nitrogen and oxygen atoms in total. The van der Waals surface area contributed by atoms with E-state index >= 15 is 0 Å². The summed E-state index contributed by atoms with van der Waals surface area (Å²) in [6.07, 6.45) is 0.821. The minimum atomic E-state index is -0.0488. The Kier molecular flexibility index (Phi) is 4.46. The molecule has 2 N–H and O–H groups in total. The van der Waals surface area contributed by atoms with Crippen LogP contribution < -0.4 is 10.5 Å². The van der Waals surface area contributed by atoms with Crippen molar-refractivity contribution in [2.45, 2.75) is 33.2 Å². The summed E-state index contributed by atoms with van der Waals surface area (Å²) in [5, 5.41) is 0. The fraction of sp³-hybridized carbons (Fsp3) is 0.333. The van der Waals surface area contributed by atoms with Crippen LogP contribution in [0.1, 0.15) is 33.9 Å². The van der Waals surface area contributed by atoms with Gasteiger partial charge in [-0.05, 0) is 49.9 Å². The number of aryl methyl sites for hydroxylation is 3. The molecule has 0 aliphatic heterocycles. The van der Waals surface area contributed by atoms with Gasteiger partial charge in [-0.1, -0.05) is 35.9 Å². The van der Waals surface area contributed by atoms with Crippen molar-refractivity contribution in [2.75, 3.05) is 7.11 Å². The second-order valence-electron chi connectivity index (χ2n) is 5.50. The van der Waals surface area contributed by atoms with Gasteiger partial charge in [0.1, 0.15) is 5.75 Å². The van der Waals surface area contributed by atoms with Crippen molar-refractivity contribution < 1.29 is 4.74 Å². The van der Waals surface area contributed by atoms with Crippen molar-refractivity contribution in [3.8, 4) is 5.75 Å². The fourth-order valence-corrected chi connectivity index (χ4v) is 2.78. The third-order valence-electron chi connectivity index (χ3n) is 3.62. The zero-order chi connectivity index (χ0) is 14.7. The maximum absolute atomic E-state index is 6.42. The molecule has 0 aliphatic carbocycles. The predicted octanol–water partition coefficient (Wildman–Crippen LogP) is 3.86. The monoisotopic (exact) mass is 269 g/mol. The molecule has 0 saturated heterocycles. The first-order valence-electron chi connectivity index (χ1n) is 6.97. The van der Waals surface area contributed by atoms with Gasteiger partial charge in [0.2, 0.25) is 0 Å². The van der Waals surface area contributed by atoms with Crippen molar-refractivity contribution in [2.24, 2.45) is 5.73 Å². The van der Waals surface area contributed by atoms with E-state index in [2.05, 4.69) is 57.2 Å². The average Bonchev–Trinajstić information content (AvgIpc) is 2.37. The largest absolute Gasteiger partial charge is 0.496 e. The summed E-state index contributed by atoms with van der Waals surface area (Å²) in [4.78, 5) is 0. The minimum absolute atomic E-state index is 0.0488. The summed E-state index contributed by atoms with van der Waals surface area (Å²) in [5.41, 5.74) is 12.5. The van der Waals surface area contributed by atoms with Gasteiger partial charge in [0.25, 0.3) is 0 Å². The lowest BCUT2D eigenvalue weighted by molar-refractivity contribution is 0.404. The lowest BCUT2D eigenvalue weighted by Crippen LogP contribution is -2.16. The summed E-state index contributed by atoms with van der Waals surface area (Å²) in [6, 6.07) is 12.7. The van der Waals surface area contributed by atoms with Crippen LogP contribution in [0.3, 0.4) is 0 Å². The van der Waals surface area contributed by atoms with E-state index < -0.39 is 0 Å². The minimum Gasteiger partial charge on any atom is -0.496 e. The van der Waals surface area contributed by atoms with Gasteiger partial charge < -0.3 is 10.5 Å². The summed E-state index contributed by atoms with van der Waals surface area (Å²) < 4.78 is 5.51. The Hall–Kier alpha value is -1.80. The van der Waals surface area contributed by atoms with Crippen LogP contribution in [0, 0.1) is 20.8 Å². The smallest absolute Gasteiger partial charge is 0.124 e. The quantitative estimate of drug-likeness (QED) is 0.914. The van der Waals surface area contributed by atoms with Crippen LogP contribution in [-0.4, -0.2) is 7.11 Å². The second kappa shape index (κ2) is 6.10. The normalized spacial score (nSPS) is 12.2. The molecule has 1 unspecified atom stereocenters. The SMILES string of the molecule is COc1cc(C)cc(C)c1C(N)Cc1cccc(C)c1. The van der Waals surface area contributed by atoms with Gasteiger partial charge in [-0.2, -0.15) is 0 Å². The van der Waals surface area contributed by atoms with E-state index in [9.17, 15) is 0 Å². The van der Waals surface area contributed by atoms with Gasteiger partial charge in [-0.25, -0.2) is 0 Å². The van der Waals surface area contributed by atoms with Gasteiger partial charge in [0.15, 0.2) is 0 Å². The molecule has 0 radical (unpaired) electrons. The highest BCUT2D eigenvalue weighted by atomic mass is 16.5. The van der Waals surface area contributed by atoms with Gasteiger partial charge in [0, 0.05) is 11.6 Å². The van der Waals surface area contributed by atoms with Crippen molar-refractivity contribution in [3.05, 3.63) is 64.2 Å². The summed E-state index contributed by atoms with van der Waals surface area (Å²) in [5.74, 6) is 0.891. The summed E-state index contributed by atoms with van der Waals surface area (Å²) >= 11 is 0. The number of hydrogen-bond acceptors (Lipinski definition) is 2. The van der Waals surface area contributed by atoms with E-state index in [1.165, 1.54) is 22.3 Å². The Balaban J connectivity index is 2.31. The Bertz CT molecular complexity index is 604. The highest BCUT2D eigenvalue weighted by molar-refractivity contribution is 5.45. The van der Waals surface area contributed by atoms with Crippen LogP contribution >= 0.6 is 0 Å². The van der Waals surface area contributed by atoms with Crippen LogP contribution in [0.15, 0.2) is 36.4 Å². The molecule has 0 aromatic heterocycles. The molecule has 0 amide bonds. The summed E-state index contributed by atoms with van der Waals surface area (Å²) in [7, 11) is 1.71. The molecule has 0 fully saturated rings. The molecular weight excluding hydrogens is 246 g/mol. The number of hydrogen-bond donors (Lipinski definition) is 1. The number of nitrogens with two attached hydrogens (primary N) is 1. The van der Waals surface area contributed by atoms with Crippen molar-refractivity contribution >= 4 is 0 Å². The molecule has 2 aromatic carbocycles. The molecule has 106 valence electrons. The molecule has 0 heterocycles. The van der Waals surface area contributed by atoms with E-state index in [1.807, 2.05) is 0 Å². The lowest BCUT2D eigenvalue weighted by atomic mass is 9.93. The molecule has 0 saturated carbocycles. The van der Waals surface area contributed by atoms with Gasteiger partial charge in [-0.15, -0.1) is 0 Å². The molecule has 2 rings (SSSR count). The number of benzene rings is 2. The molecule has 0 spiro atoms. The first kappa shape index (κ1) is 14.6. The Morgan fingerprint density at radius 3 is 2.45 bits per heavy atom. The molecule has 20 heavy (non-hydrogen) atoms. The van der Waals surface area contributed by atoms with Crippen LogP contribution in [0.25, 0.3) is 0 Å². The molecular formula is C18H23NO. The molecule has 1 atom stereocenters. The fourth-order valence-electron chi connectivity index (χ4n) is 2.78. The van der Waals surface area contributed by atoms with Crippen molar-refractivity contribution in [1.82, 2.24) is 0 Å². The van der Waals surface area contributed by atoms with Crippen LogP contribution in [-0.2, 0) is 6.42 Å². The average molecular weight is 269 g/mol. The number of methoxy groups -OCH3 is 1. The topological polar surface area (TPSA) is 35.2 Å². The first-order chi connectivity index (χ1) is 9.51. The Labute approximate surface area is 121 Å². The van der Waals surface area contributed by atoms with Gasteiger partial charge in [0.05, 0.1) is 7.11 Å². The van der Waals surface area contributed by atoms with Gasteiger partial charge >= 0.3 is 0 Å². The van der Waals surface area contributed by atoms with E-state index in [1.54, 1.807) is 7.11 Å². The maximum Gasteiger partial charge on any atom is 0.124 e. The Morgan fingerprint density at radius 2 is 1.80 bits per heavy atom. The van der Waals surface area contributed by atoms with Crippen LogP contribution in [0.5, 0.6) is 5.75 Å². The third-order valence-corrected chi connectivity index (χ3v) is 3.62. The molecule has 2 aromatic rings. The zero-order valence-electron chi connectivity index (χ0n) is 12.7. The molecule has 0 aliphatic rings. The van der Waals surface area contributed by atoms with Crippen molar-refractivity contribution in [3.63, 3.8) is 0 Å². The van der Waals surface area contributed by atoms with E-state index in [-0.39, 0.29) is 6.04 Å². The van der Waals surface area contributed by atoms with Crippen LogP contribution in [0.2, 0.25) is 0 Å². The highest BCUT2D eigenvalue weighted by Crippen LogP contribution is 2.30. The lowest BCUT2D eigenvalue weighted by Gasteiger charge is -2.19. The Morgan fingerprint density at radius 1 is 1.05 bits per heavy atom. The first-order valence-corrected chi connectivity index (χ1v) is 6.97. The van der Waals surface area contributed by atoms with Crippen molar-refractivity contribution in [1.29, 1.82) is 0 Å². The van der Waals surface area contributed by atoms with E-state index in [4.69, 9.17) is 10.5 Å². The molecule has 0 bridgehead atoms. The highest BCUT2D eigenvalue weighted by Gasteiger charge is 2.16. The number of ether oxygens (including phenoxy) is 1. The van der Waals surface area contributed by atoms with E-state index in [0.29, 0.717) is 0 Å². The molecule has 2 heteroatoms. The third kappa shape index (κ3) is 3.20. The van der Waals surface area contributed by atoms with Gasteiger partial charge in [-0.3, -0.25) is 0 Å². The zero-order valence-corrected chi connectivity index (χ0v) is 12.7. The second-order valence-corrected chi connectivity index (χ2v) is 5.50. The summed E-state index contributed by atoms with van der Waals surface area (Å²) in [6.45, 7) is 6.28. The van der Waals surface area contributed by atoms with E-state index in [0.717, 1.165) is 17.7 Å². The maximum atomic E-state index is 6.42. The standard InChI is InChI=1S/C18H23NO/c1-12-6-5-7-15(9-12)11-16(19)18-14(3)8-13(2)10-17(18)20-4/h5-10,16H,11,19H2,1-4H3. The number of rotatable bonds is 4. The predicted molar refractivity (Wildman–Crippen MR) is 84.3 cm³/mol.